The number of hydrogen-bond donors (Lipinski definition) is 1. The molecule has 1 aromatic heterocycles. The molecule has 3 nitrogen and oxygen atoms in total. The van der Waals surface area contributed by atoms with Gasteiger partial charge in [0.25, 0.3) is 0 Å². The summed E-state index contributed by atoms with van der Waals surface area (Å²) in [6, 6.07) is 8.85. The van der Waals surface area contributed by atoms with Gasteiger partial charge >= 0.3 is 0 Å². The van der Waals surface area contributed by atoms with Gasteiger partial charge in [0.15, 0.2) is 0 Å². The first-order valence-corrected chi connectivity index (χ1v) is 8.13. The van der Waals surface area contributed by atoms with Gasteiger partial charge < -0.3 is 5.32 Å². The number of benzene rings is 1. The largest absolute Gasteiger partial charge is 0.355 e. The van der Waals surface area contributed by atoms with Crippen LogP contribution >= 0.6 is 0 Å². The Morgan fingerprint density at radius 1 is 1.05 bits per heavy atom. The van der Waals surface area contributed by atoms with Crippen molar-refractivity contribution in [2.24, 2.45) is 0 Å². The average Bonchev–Trinajstić information content (AvgIpc) is 2.87. The molecule has 0 fully saturated rings. The molecule has 2 rings (SSSR count). The molecular weight excluding hydrogens is 258 g/mol. The Balaban J connectivity index is 2.13. The summed E-state index contributed by atoms with van der Waals surface area (Å²) in [7, 11) is 0. The molecule has 0 amide bonds. The van der Waals surface area contributed by atoms with Crippen molar-refractivity contribution in [2.45, 2.75) is 52.9 Å². The molecule has 0 saturated heterocycles. The first-order valence-electron chi connectivity index (χ1n) is 8.13. The minimum atomic E-state index is 0.947. The molecule has 0 spiro atoms. The number of nitrogens with zero attached hydrogens (tertiary/aromatic N) is 2. The molecule has 114 valence electrons. The summed E-state index contributed by atoms with van der Waals surface area (Å²) in [5, 5.41) is 3.43. The maximum atomic E-state index is 4.58. The van der Waals surface area contributed by atoms with Crippen molar-refractivity contribution in [1.29, 1.82) is 0 Å². The third kappa shape index (κ3) is 4.35. The van der Waals surface area contributed by atoms with Crippen LogP contribution < -0.4 is 5.32 Å². The molecule has 0 aliphatic heterocycles. The van der Waals surface area contributed by atoms with Crippen LogP contribution in [0.4, 0.5) is 5.95 Å². The number of nitrogens with one attached hydrogen (secondary N) is 1. The highest BCUT2D eigenvalue weighted by Gasteiger charge is 2.07. The third-order valence-electron chi connectivity index (χ3n) is 3.67. The molecule has 0 unspecified atom stereocenters. The van der Waals surface area contributed by atoms with Crippen molar-refractivity contribution < 1.29 is 0 Å². The maximum Gasteiger partial charge on any atom is 0.207 e. The highest BCUT2D eigenvalue weighted by atomic mass is 15.2. The molecule has 0 atom stereocenters. The van der Waals surface area contributed by atoms with E-state index in [1.165, 1.54) is 43.4 Å². The average molecular weight is 285 g/mol. The quantitative estimate of drug-likeness (QED) is 0.710. The molecule has 0 radical (unpaired) electrons. The van der Waals surface area contributed by atoms with Gasteiger partial charge in [-0.25, -0.2) is 4.98 Å². The van der Waals surface area contributed by atoms with Crippen LogP contribution in [0.15, 0.2) is 30.5 Å². The molecule has 2 aromatic rings. The van der Waals surface area contributed by atoms with E-state index in [1.807, 2.05) is 6.92 Å². The van der Waals surface area contributed by atoms with Gasteiger partial charge in [-0.2, -0.15) is 0 Å². The van der Waals surface area contributed by atoms with Crippen LogP contribution in [0.5, 0.6) is 0 Å². The van der Waals surface area contributed by atoms with Crippen molar-refractivity contribution in [3.05, 3.63) is 41.7 Å². The van der Waals surface area contributed by atoms with Crippen molar-refractivity contribution in [3.8, 4) is 5.69 Å². The van der Waals surface area contributed by atoms with Crippen LogP contribution in [0, 0.1) is 6.92 Å². The molecule has 0 saturated carbocycles. The van der Waals surface area contributed by atoms with Gasteiger partial charge in [0, 0.05) is 18.4 Å². The number of aromatic nitrogens is 2. The number of hydrogen-bond acceptors (Lipinski definition) is 2. The SMILES string of the molecule is CCCCNc1nc(C)cn1-c1ccc(CCCC)cc1. The van der Waals surface area contributed by atoms with Crippen LogP contribution in [0.3, 0.4) is 0 Å². The summed E-state index contributed by atoms with van der Waals surface area (Å²) in [5.74, 6) is 0.947. The molecule has 3 heteroatoms. The van der Waals surface area contributed by atoms with E-state index >= 15 is 0 Å². The second-order valence-electron chi connectivity index (χ2n) is 5.63. The van der Waals surface area contributed by atoms with Crippen LogP contribution in [0.2, 0.25) is 0 Å². The Labute approximate surface area is 128 Å². The van der Waals surface area contributed by atoms with E-state index in [2.05, 4.69) is 59.2 Å². The number of anilines is 1. The van der Waals surface area contributed by atoms with E-state index in [0.717, 1.165) is 18.2 Å². The van der Waals surface area contributed by atoms with Crippen molar-refractivity contribution in [3.63, 3.8) is 0 Å². The molecule has 21 heavy (non-hydrogen) atoms. The fourth-order valence-corrected chi connectivity index (χ4v) is 2.40. The summed E-state index contributed by atoms with van der Waals surface area (Å²) >= 11 is 0. The van der Waals surface area contributed by atoms with Crippen LogP contribution in [0.1, 0.15) is 50.8 Å². The minimum absolute atomic E-state index is 0.947. The highest BCUT2D eigenvalue weighted by molar-refractivity contribution is 5.44. The predicted octanol–water partition coefficient (Wildman–Crippen LogP) is 4.74. The lowest BCUT2D eigenvalue weighted by Gasteiger charge is -2.10. The monoisotopic (exact) mass is 285 g/mol. The minimum Gasteiger partial charge on any atom is -0.355 e. The summed E-state index contributed by atoms with van der Waals surface area (Å²) in [6.45, 7) is 7.45. The second kappa shape index (κ2) is 7.87. The van der Waals surface area contributed by atoms with Crippen molar-refractivity contribution >= 4 is 5.95 Å². The Kier molecular flexibility index (Phi) is 5.85. The zero-order valence-corrected chi connectivity index (χ0v) is 13.5. The van der Waals surface area contributed by atoms with Gasteiger partial charge in [-0.15, -0.1) is 0 Å². The zero-order chi connectivity index (χ0) is 15.1. The summed E-state index contributed by atoms with van der Waals surface area (Å²) in [6.07, 6.45) is 8.12. The Bertz CT molecular complexity index is 540. The van der Waals surface area contributed by atoms with E-state index in [4.69, 9.17) is 0 Å². The van der Waals surface area contributed by atoms with Gasteiger partial charge in [-0.3, -0.25) is 4.57 Å². The van der Waals surface area contributed by atoms with Crippen molar-refractivity contribution in [2.75, 3.05) is 11.9 Å². The summed E-state index contributed by atoms with van der Waals surface area (Å²) in [5.41, 5.74) is 3.64. The van der Waals surface area contributed by atoms with E-state index in [9.17, 15) is 0 Å². The van der Waals surface area contributed by atoms with Gasteiger partial charge in [0.05, 0.1) is 5.69 Å². The molecule has 0 bridgehead atoms. The number of aryl methyl sites for hydroxylation is 2. The Hall–Kier alpha value is -1.77. The Morgan fingerprint density at radius 2 is 1.76 bits per heavy atom. The molecule has 0 aliphatic carbocycles. The molecule has 0 aliphatic rings. The van der Waals surface area contributed by atoms with Gasteiger partial charge in [0.2, 0.25) is 5.95 Å². The Morgan fingerprint density at radius 3 is 2.43 bits per heavy atom. The van der Waals surface area contributed by atoms with Crippen LogP contribution in [-0.4, -0.2) is 16.1 Å². The summed E-state index contributed by atoms with van der Waals surface area (Å²) < 4.78 is 2.15. The first kappa shape index (κ1) is 15.6. The molecule has 1 heterocycles. The molecule has 1 aromatic carbocycles. The van der Waals surface area contributed by atoms with Crippen LogP contribution in [0.25, 0.3) is 5.69 Å². The topological polar surface area (TPSA) is 29.9 Å². The van der Waals surface area contributed by atoms with E-state index in [1.54, 1.807) is 0 Å². The van der Waals surface area contributed by atoms with E-state index in [-0.39, 0.29) is 0 Å². The molecular formula is C18H27N3. The van der Waals surface area contributed by atoms with E-state index in [0.29, 0.717) is 0 Å². The molecule has 1 N–H and O–H groups in total. The van der Waals surface area contributed by atoms with Gasteiger partial charge in [-0.05, 0) is 43.9 Å². The highest BCUT2D eigenvalue weighted by Crippen LogP contribution is 2.18. The lowest BCUT2D eigenvalue weighted by molar-refractivity contribution is 0.794. The number of unbranched alkanes of at least 4 members (excludes halogenated alkanes) is 2. The lowest BCUT2D eigenvalue weighted by atomic mass is 10.1. The smallest absolute Gasteiger partial charge is 0.207 e. The fourth-order valence-electron chi connectivity index (χ4n) is 2.40. The second-order valence-corrected chi connectivity index (χ2v) is 5.63. The van der Waals surface area contributed by atoms with Gasteiger partial charge in [0.1, 0.15) is 0 Å². The van der Waals surface area contributed by atoms with Gasteiger partial charge in [-0.1, -0.05) is 38.8 Å². The van der Waals surface area contributed by atoms with Crippen molar-refractivity contribution in [1.82, 2.24) is 9.55 Å². The summed E-state index contributed by atoms with van der Waals surface area (Å²) in [4.78, 5) is 4.58. The first-order chi connectivity index (χ1) is 10.2. The maximum absolute atomic E-state index is 4.58. The standard InChI is InChI=1S/C18H27N3/c1-4-6-8-16-9-11-17(12-10-16)21-14-15(3)20-18(21)19-13-7-5-2/h9-12,14H,4-8,13H2,1-3H3,(H,19,20). The number of rotatable bonds is 8. The fraction of sp³-hybridized carbons (Fsp3) is 0.500. The zero-order valence-electron chi connectivity index (χ0n) is 13.5. The van der Waals surface area contributed by atoms with E-state index < -0.39 is 0 Å². The third-order valence-corrected chi connectivity index (χ3v) is 3.67. The predicted molar refractivity (Wildman–Crippen MR) is 90.3 cm³/mol. The normalized spacial score (nSPS) is 10.8. The lowest BCUT2D eigenvalue weighted by Crippen LogP contribution is -2.07. The van der Waals surface area contributed by atoms with Crippen LogP contribution in [-0.2, 0) is 6.42 Å². The number of imidazole rings is 1.